The van der Waals surface area contributed by atoms with Crippen molar-refractivity contribution in [3.63, 3.8) is 0 Å². The Morgan fingerprint density at radius 2 is 1.57 bits per heavy atom. The van der Waals surface area contributed by atoms with Crippen LogP contribution in [0.4, 0.5) is 11.5 Å². The van der Waals surface area contributed by atoms with Gasteiger partial charge in [-0.1, -0.05) is 60.1 Å². The molecule has 0 unspecified atom stereocenters. The van der Waals surface area contributed by atoms with Crippen LogP contribution in [0.1, 0.15) is 37.7 Å². The molecular formula is C37H34ClN5O3. The summed E-state index contributed by atoms with van der Waals surface area (Å²) in [6.45, 7) is 5.44. The molecule has 7 rings (SSSR count). The first kappa shape index (κ1) is 29.6. The molecule has 0 atom stereocenters. The zero-order chi connectivity index (χ0) is 31.8. The minimum atomic E-state index is -0.226. The van der Waals surface area contributed by atoms with Crippen LogP contribution in [0.15, 0.2) is 97.2 Å². The Kier molecular flexibility index (Phi) is 7.96. The van der Waals surface area contributed by atoms with Crippen molar-refractivity contribution < 1.29 is 14.3 Å². The van der Waals surface area contributed by atoms with Gasteiger partial charge in [0.2, 0.25) is 0 Å². The molecule has 8 nitrogen and oxygen atoms in total. The fraction of sp³-hybridized carbons (Fsp3) is 0.216. The molecule has 0 aliphatic carbocycles. The highest BCUT2D eigenvalue weighted by Crippen LogP contribution is 2.38. The number of para-hydroxylation sites is 1. The molecule has 0 N–H and O–H groups in total. The number of benzene rings is 3. The number of rotatable bonds is 5. The Morgan fingerprint density at radius 1 is 0.804 bits per heavy atom. The maximum atomic E-state index is 14.4. The van der Waals surface area contributed by atoms with E-state index in [1.807, 2.05) is 101 Å². The highest BCUT2D eigenvalue weighted by atomic mass is 35.5. The Morgan fingerprint density at radius 3 is 2.33 bits per heavy atom. The first-order chi connectivity index (χ1) is 22.4. The smallest absolute Gasteiger partial charge is 0.270 e. The molecule has 2 aromatic heterocycles. The van der Waals surface area contributed by atoms with Gasteiger partial charge in [0.25, 0.3) is 11.8 Å². The number of aryl methyl sites for hydroxylation is 1. The van der Waals surface area contributed by atoms with Gasteiger partial charge in [0.15, 0.2) is 0 Å². The fourth-order valence-corrected chi connectivity index (χ4v) is 6.75. The minimum absolute atomic E-state index is 0.00979. The van der Waals surface area contributed by atoms with E-state index in [-0.39, 0.29) is 18.4 Å². The van der Waals surface area contributed by atoms with Crippen molar-refractivity contribution in [2.45, 2.75) is 20.0 Å². The predicted molar refractivity (Wildman–Crippen MR) is 181 cm³/mol. The number of halogens is 1. The summed E-state index contributed by atoms with van der Waals surface area (Å²) in [5.74, 6) is 1.14. The molecule has 2 aliphatic rings. The van der Waals surface area contributed by atoms with E-state index >= 15 is 0 Å². The lowest BCUT2D eigenvalue weighted by molar-refractivity contribution is 0.0735. The van der Waals surface area contributed by atoms with Crippen LogP contribution >= 0.6 is 11.6 Å². The Balaban J connectivity index is 1.18. The summed E-state index contributed by atoms with van der Waals surface area (Å²) in [6.07, 6.45) is 1.79. The van der Waals surface area contributed by atoms with E-state index in [9.17, 15) is 9.59 Å². The second-order valence-corrected chi connectivity index (χ2v) is 12.0. The van der Waals surface area contributed by atoms with Crippen molar-refractivity contribution >= 4 is 34.9 Å². The number of anilines is 2. The van der Waals surface area contributed by atoms with E-state index in [0.29, 0.717) is 54.8 Å². The van der Waals surface area contributed by atoms with Crippen LogP contribution in [-0.4, -0.2) is 59.6 Å². The molecule has 3 aromatic carbocycles. The number of amides is 2. The summed E-state index contributed by atoms with van der Waals surface area (Å²) in [7, 11) is 1.57. The van der Waals surface area contributed by atoms with Gasteiger partial charge in [-0.15, -0.1) is 0 Å². The van der Waals surface area contributed by atoms with Crippen LogP contribution in [0, 0.1) is 6.92 Å². The van der Waals surface area contributed by atoms with Gasteiger partial charge in [-0.3, -0.25) is 9.59 Å². The predicted octanol–water partition coefficient (Wildman–Crippen LogP) is 6.69. The number of methoxy groups -OCH3 is 1. The summed E-state index contributed by atoms with van der Waals surface area (Å²) in [6, 6.07) is 29.1. The Bertz CT molecular complexity index is 1930. The third-order valence-electron chi connectivity index (χ3n) is 8.96. The van der Waals surface area contributed by atoms with Crippen LogP contribution < -0.4 is 14.5 Å². The summed E-state index contributed by atoms with van der Waals surface area (Å²) < 4.78 is 7.82. The van der Waals surface area contributed by atoms with Crippen molar-refractivity contribution in [2.24, 2.45) is 0 Å². The maximum Gasteiger partial charge on any atom is 0.270 e. The van der Waals surface area contributed by atoms with Gasteiger partial charge < -0.3 is 24.0 Å². The third-order valence-corrected chi connectivity index (χ3v) is 9.27. The van der Waals surface area contributed by atoms with Gasteiger partial charge in [-0.05, 0) is 66.1 Å². The van der Waals surface area contributed by atoms with Gasteiger partial charge in [0, 0.05) is 54.3 Å². The number of hydrogen-bond donors (Lipinski definition) is 0. The maximum absolute atomic E-state index is 14.4. The summed E-state index contributed by atoms with van der Waals surface area (Å²) in [5, 5.41) is 0.473. The van der Waals surface area contributed by atoms with Crippen LogP contribution in [0.3, 0.4) is 0 Å². The van der Waals surface area contributed by atoms with Gasteiger partial charge >= 0.3 is 0 Å². The molecule has 0 saturated carbocycles. The molecule has 0 bridgehead atoms. The van der Waals surface area contributed by atoms with E-state index in [1.165, 1.54) is 0 Å². The van der Waals surface area contributed by atoms with Gasteiger partial charge in [0.1, 0.15) is 17.3 Å². The molecule has 46 heavy (non-hydrogen) atoms. The lowest BCUT2D eigenvalue weighted by Gasteiger charge is -2.35. The summed E-state index contributed by atoms with van der Waals surface area (Å²) in [4.78, 5) is 38.6. The van der Waals surface area contributed by atoms with E-state index in [2.05, 4.69) is 9.88 Å². The number of fused-ring (bicyclic) bond motifs is 2. The molecule has 1 saturated heterocycles. The lowest BCUT2D eigenvalue weighted by Crippen LogP contribution is -2.49. The lowest BCUT2D eigenvalue weighted by atomic mass is 9.98. The molecule has 0 radical (unpaired) electrons. The second kappa shape index (κ2) is 12.4. The second-order valence-electron chi connectivity index (χ2n) is 11.6. The minimum Gasteiger partial charge on any atom is -0.496 e. The SMILES string of the molecule is COc1cc(-c2ccccc2C)c(Cl)cc1C(=O)N1Cc2ccc(C(=O)N3CCN(c4ccccn4)CC3)n2Cc2ccccc21. The number of ether oxygens (including phenoxy) is 1. The monoisotopic (exact) mass is 631 g/mol. The standard InChI is InChI=1S/C37H34ClN5O3/c1-25-9-3-5-11-28(25)29-22-34(46-2)30(21-31(29)38)36(44)43-24-27-14-15-33(42(27)23-26-10-4-6-12-32(26)43)37(45)41-19-17-40(18-20-41)35-13-7-8-16-39-35/h3-16,21-22H,17-20,23-24H2,1-2H3. The molecule has 1 fully saturated rings. The summed E-state index contributed by atoms with van der Waals surface area (Å²) >= 11 is 6.84. The molecule has 232 valence electrons. The van der Waals surface area contributed by atoms with Crippen LogP contribution in [0.25, 0.3) is 11.1 Å². The number of piperazine rings is 1. The summed E-state index contributed by atoms with van der Waals surface area (Å²) in [5.41, 5.74) is 6.48. The number of aromatic nitrogens is 2. The van der Waals surface area contributed by atoms with Crippen LogP contribution in [0.2, 0.25) is 5.02 Å². The number of carbonyl (C=O) groups is 2. The normalized spacial score (nSPS) is 14.4. The first-order valence-corrected chi connectivity index (χ1v) is 15.8. The average molecular weight is 632 g/mol. The van der Waals surface area contributed by atoms with Crippen molar-refractivity contribution in [1.82, 2.24) is 14.5 Å². The number of pyridine rings is 1. The Hall–Kier alpha value is -5.08. The van der Waals surface area contributed by atoms with Crippen LogP contribution in [0.5, 0.6) is 5.75 Å². The number of hydrogen-bond acceptors (Lipinski definition) is 5. The molecule has 9 heteroatoms. The Labute approximate surface area is 273 Å². The molecular weight excluding hydrogens is 598 g/mol. The highest BCUT2D eigenvalue weighted by molar-refractivity contribution is 6.34. The number of carbonyl (C=O) groups excluding carboxylic acids is 2. The van der Waals surface area contributed by atoms with Crippen molar-refractivity contribution in [2.75, 3.05) is 43.1 Å². The molecule has 2 aliphatic heterocycles. The highest BCUT2D eigenvalue weighted by Gasteiger charge is 2.31. The van der Waals surface area contributed by atoms with Crippen molar-refractivity contribution in [3.05, 3.63) is 130 Å². The largest absolute Gasteiger partial charge is 0.496 e. The van der Waals surface area contributed by atoms with E-state index in [0.717, 1.165) is 39.5 Å². The molecule has 0 spiro atoms. The number of nitrogens with zero attached hydrogens (tertiary/aromatic N) is 5. The fourth-order valence-electron chi connectivity index (χ4n) is 6.49. The van der Waals surface area contributed by atoms with Crippen LogP contribution in [-0.2, 0) is 13.1 Å². The van der Waals surface area contributed by atoms with Gasteiger partial charge in [-0.2, -0.15) is 0 Å². The topological polar surface area (TPSA) is 70.9 Å². The van der Waals surface area contributed by atoms with Gasteiger partial charge in [-0.25, -0.2) is 4.98 Å². The van der Waals surface area contributed by atoms with E-state index < -0.39 is 0 Å². The first-order valence-electron chi connectivity index (χ1n) is 15.4. The van der Waals surface area contributed by atoms with E-state index in [1.54, 1.807) is 24.3 Å². The zero-order valence-corrected chi connectivity index (χ0v) is 26.6. The van der Waals surface area contributed by atoms with E-state index in [4.69, 9.17) is 16.3 Å². The molecule has 2 amide bonds. The third kappa shape index (κ3) is 5.39. The molecule has 4 heterocycles. The average Bonchev–Trinajstić information content (AvgIpc) is 3.41. The quantitative estimate of drug-likeness (QED) is 0.216. The van der Waals surface area contributed by atoms with Crippen molar-refractivity contribution in [3.8, 4) is 16.9 Å². The zero-order valence-electron chi connectivity index (χ0n) is 25.8. The molecule has 5 aromatic rings. The van der Waals surface area contributed by atoms with Crippen molar-refractivity contribution in [1.29, 1.82) is 0 Å². The van der Waals surface area contributed by atoms with Gasteiger partial charge in [0.05, 0.1) is 25.8 Å².